The largest absolute Gasteiger partial charge is 0.417 e. The molecule has 1 amide bonds. The van der Waals surface area contributed by atoms with Crippen LogP contribution in [0.15, 0.2) is 65.1 Å². The topological polar surface area (TPSA) is 71.3 Å². The van der Waals surface area contributed by atoms with Crippen molar-refractivity contribution in [1.82, 2.24) is 19.4 Å². The summed E-state index contributed by atoms with van der Waals surface area (Å²) in [7, 11) is 0. The zero-order chi connectivity index (χ0) is 33.1. The first kappa shape index (κ1) is 31.6. The Morgan fingerprint density at radius 3 is 2.39 bits per heavy atom. The lowest BCUT2D eigenvalue weighted by atomic mass is 9.95. The number of carbonyl (C=O) groups excluding carboxylic acids is 1. The SMILES string of the molecule is C=CC(=O)N1[C@H](C)CN(c2nc(=O)n3c4c(c(-c5ccc(F)cc5F)c(C(F)(F)F)cc24)SC[C@@H](c2cnccc2F)C3)C[C@@H]1C. The number of thioether (sulfide) groups is 1. The number of hydrogen-bond donors (Lipinski definition) is 0. The van der Waals surface area contributed by atoms with Crippen LogP contribution in [0, 0.1) is 17.5 Å². The summed E-state index contributed by atoms with van der Waals surface area (Å²) < 4.78 is 90.2. The summed E-state index contributed by atoms with van der Waals surface area (Å²) in [6.45, 7) is 7.24. The molecule has 0 aliphatic carbocycles. The van der Waals surface area contributed by atoms with Crippen LogP contribution in [0.3, 0.4) is 0 Å². The zero-order valence-electron chi connectivity index (χ0n) is 24.6. The Morgan fingerprint density at radius 1 is 1.04 bits per heavy atom. The molecule has 3 atom stereocenters. The number of hydrogen-bond acceptors (Lipinski definition) is 6. The minimum absolute atomic E-state index is 0.0156. The molecule has 0 radical (unpaired) electrons. The predicted octanol–water partition coefficient (Wildman–Crippen LogP) is 6.40. The van der Waals surface area contributed by atoms with E-state index in [1.165, 1.54) is 23.0 Å². The van der Waals surface area contributed by atoms with E-state index in [2.05, 4.69) is 16.5 Å². The van der Waals surface area contributed by atoms with E-state index in [0.29, 0.717) is 6.07 Å². The van der Waals surface area contributed by atoms with Crippen LogP contribution in [0.1, 0.15) is 30.9 Å². The molecular weight excluding hydrogens is 632 g/mol. The van der Waals surface area contributed by atoms with E-state index < -0.39 is 64.0 Å². The lowest BCUT2D eigenvalue weighted by Crippen LogP contribution is -2.58. The number of nitrogens with zero attached hydrogens (tertiary/aromatic N) is 5. The first-order valence-corrected chi connectivity index (χ1v) is 15.3. The van der Waals surface area contributed by atoms with E-state index in [0.717, 1.165) is 36.0 Å². The summed E-state index contributed by atoms with van der Waals surface area (Å²) in [6.07, 6.45) is -1.26. The van der Waals surface area contributed by atoms with Gasteiger partial charge in [-0.05, 0) is 44.2 Å². The number of anilines is 1. The van der Waals surface area contributed by atoms with Crippen LogP contribution in [0.4, 0.5) is 32.2 Å². The number of piperazine rings is 1. The van der Waals surface area contributed by atoms with Gasteiger partial charge in [0, 0.05) is 88.8 Å². The van der Waals surface area contributed by atoms with Crippen LogP contribution in [-0.4, -0.2) is 56.3 Å². The molecule has 6 rings (SSSR count). The Balaban J connectivity index is 1.65. The lowest BCUT2D eigenvalue weighted by molar-refractivity contribution is -0.137. The quantitative estimate of drug-likeness (QED) is 0.187. The van der Waals surface area contributed by atoms with Crippen molar-refractivity contribution in [3.05, 3.63) is 94.4 Å². The van der Waals surface area contributed by atoms with Gasteiger partial charge in [-0.2, -0.15) is 18.2 Å². The van der Waals surface area contributed by atoms with E-state index in [4.69, 9.17) is 0 Å². The Morgan fingerprint density at radius 2 is 1.76 bits per heavy atom. The molecule has 2 aromatic heterocycles. The molecule has 1 saturated heterocycles. The van der Waals surface area contributed by atoms with Crippen molar-refractivity contribution in [2.45, 2.75) is 49.5 Å². The maximum Gasteiger partial charge on any atom is 0.417 e. The molecule has 14 heteroatoms. The van der Waals surface area contributed by atoms with E-state index >= 15 is 4.39 Å². The average Bonchev–Trinajstić information content (AvgIpc) is 3.19. The summed E-state index contributed by atoms with van der Waals surface area (Å²) in [5, 5.41) is -0.0177. The van der Waals surface area contributed by atoms with Crippen LogP contribution >= 0.6 is 11.8 Å². The number of rotatable bonds is 4. The highest BCUT2D eigenvalue weighted by Gasteiger charge is 2.40. The number of carbonyl (C=O) groups is 1. The van der Waals surface area contributed by atoms with Gasteiger partial charge in [0.05, 0.1) is 11.1 Å². The molecular formula is C32H27F6N5O2S. The van der Waals surface area contributed by atoms with Crippen molar-refractivity contribution in [3.8, 4) is 11.1 Å². The number of aromatic nitrogens is 3. The van der Waals surface area contributed by atoms with Gasteiger partial charge in [-0.15, -0.1) is 11.8 Å². The van der Waals surface area contributed by atoms with Crippen LogP contribution in [0.2, 0.25) is 0 Å². The van der Waals surface area contributed by atoms with Gasteiger partial charge in [0.25, 0.3) is 0 Å². The molecule has 0 spiro atoms. The number of amides is 1. The van der Waals surface area contributed by atoms with Gasteiger partial charge in [-0.1, -0.05) is 6.58 Å². The molecule has 0 saturated carbocycles. The highest BCUT2D eigenvalue weighted by molar-refractivity contribution is 7.99. The van der Waals surface area contributed by atoms with Crippen LogP contribution in [0.5, 0.6) is 0 Å². The molecule has 2 aromatic carbocycles. The maximum atomic E-state index is 15.3. The van der Waals surface area contributed by atoms with E-state index in [-0.39, 0.29) is 58.5 Å². The predicted molar refractivity (Wildman–Crippen MR) is 162 cm³/mol. The van der Waals surface area contributed by atoms with E-state index in [9.17, 15) is 31.5 Å². The standard InChI is InChI=1S/C32H27F6N5O2S/c1-4-26(44)43-16(2)12-41(13-17(43)3)30-21-10-23(32(36,37)38)27(20-6-5-19(33)9-25(20)35)29-28(21)42(31(45)40-30)14-18(15-46-29)22-11-39-8-7-24(22)34/h4-11,16-18H,1,12-15H2,2-3H3/t16-,17+,18-/m0/s1. The molecule has 4 aromatic rings. The third-order valence-corrected chi connectivity index (χ3v) is 9.68. The van der Waals surface area contributed by atoms with Gasteiger partial charge in [-0.3, -0.25) is 14.3 Å². The second-order valence-corrected chi connectivity index (χ2v) is 12.5. The second kappa shape index (κ2) is 11.8. The van der Waals surface area contributed by atoms with Gasteiger partial charge >= 0.3 is 11.9 Å². The molecule has 1 fully saturated rings. The molecule has 240 valence electrons. The first-order chi connectivity index (χ1) is 21.8. The van der Waals surface area contributed by atoms with Crippen LogP contribution in [-0.2, 0) is 17.5 Å². The van der Waals surface area contributed by atoms with Gasteiger partial charge in [-0.25, -0.2) is 18.0 Å². The number of pyridine rings is 1. The highest BCUT2D eigenvalue weighted by atomic mass is 32.2. The fraction of sp³-hybridized carbons (Fsp3) is 0.312. The van der Waals surface area contributed by atoms with Crippen molar-refractivity contribution < 1.29 is 31.1 Å². The van der Waals surface area contributed by atoms with Crippen LogP contribution < -0.4 is 10.6 Å². The second-order valence-electron chi connectivity index (χ2n) is 11.4. The summed E-state index contributed by atoms with van der Waals surface area (Å²) in [6, 6.07) is 3.47. The third kappa shape index (κ3) is 5.41. The Bertz CT molecular complexity index is 1940. The van der Waals surface area contributed by atoms with Crippen molar-refractivity contribution in [2.24, 2.45) is 0 Å². The minimum atomic E-state index is -5.00. The molecule has 46 heavy (non-hydrogen) atoms. The molecule has 0 N–H and O–H groups in total. The summed E-state index contributed by atoms with van der Waals surface area (Å²) >= 11 is 0.926. The molecule has 2 aliphatic rings. The highest BCUT2D eigenvalue weighted by Crippen LogP contribution is 2.50. The van der Waals surface area contributed by atoms with Crippen molar-refractivity contribution in [3.63, 3.8) is 0 Å². The summed E-state index contributed by atoms with van der Waals surface area (Å²) in [5.41, 5.74) is -2.82. The van der Waals surface area contributed by atoms with Gasteiger partial charge in [0.1, 0.15) is 23.3 Å². The Hall–Kier alpha value is -4.33. The summed E-state index contributed by atoms with van der Waals surface area (Å²) in [4.78, 5) is 37.8. The number of halogens is 6. The third-order valence-electron chi connectivity index (χ3n) is 8.42. The van der Waals surface area contributed by atoms with Crippen molar-refractivity contribution in [2.75, 3.05) is 23.7 Å². The molecule has 7 nitrogen and oxygen atoms in total. The summed E-state index contributed by atoms with van der Waals surface area (Å²) in [5.74, 6) is -3.82. The fourth-order valence-electron chi connectivity index (χ4n) is 6.50. The van der Waals surface area contributed by atoms with Crippen molar-refractivity contribution in [1.29, 1.82) is 0 Å². The van der Waals surface area contributed by atoms with Gasteiger partial charge < -0.3 is 9.80 Å². The molecule has 0 bridgehead atoms. The van der Waals surface area contributed by atoms with E-state index in [1.807, 2.05) is 0 Å². The van der Waals surface area contributed by atoms with Crippen molar-refractivity contribution >= 4 is 34.4 Å². The van der Waals surface area contributed by atoms with Gasteiger partial charge in [0.2, 0.25) is 5.91 Å². The molecule has 0 unspecified atom stereocenters. The Labute approximate surface area is 263 Å². The fourth-order valence-corrected chi connectivity index (χ4v) is 7.87. The lowest BCUT2D eigenvalue weighted by Gasteiger charge is -2.44. The molecule has 4 heterocycles. The zero-order valence-corrected chi connectivity index (χ0v) is 25.4. The van der Waals surface area contributed by atoms with E-state index in [1.54, 1.807) is 23.6 Å². The molecule has 2 aliphatic heterocycles. The normalized spacial score (nSPS) is 20.1. The van der Waals surface area contributed by atoms with Crippen LogP contribution in [0.25, 0.3) is 22.0 Å². The monoisotopic (exact) mass is 659 g/mol. The number of alkyl halides is 3. The smallest absolute Gasteiger partial charge is 0.352 e. The number of benzene rings is 2. The maximum absolute atomic E-state index is 15.3. The average molecular weight is 660 g/mol. The minimum Gasteiger partial charge on any atom is -0.352 e. The van der Waals surface area contributed by atoms with Gasteiger partial charge in [0.15, 0.2) is 0 Å². The first-order valence-electron chi connectivity index (χ1n) is 14.4. The Kier molecular flexibility index (Phi) is 8.11.